The molecule has 3 heterocycles. The normalized spacial score (nSPS) is 16.4. The van der Waals surface area contributed by atoms with E-state index in [1.807, 2.05) is 54.7 Å². The number of fused-ring (bicyclic) bond motifs is 4. The monoisotopic (exact) mass is 371 g/mol. The molecule has 4 aromatic rings. The summed E-state index contributed by atoms with van der Waals surface area (Å²) >= 11 is 0. The number of hydrogen-bond acceptors (Lipinski definition) is 3. The van der Waals surface area contributed by atoms with Crippen LogP contribution < -0.4 is 5.32 Å². The van der Waals surface area contributed by atoms with Crippen molar-refractivity contribution >= 4 is 39.8 Å². The number of para-hydroxylation sites is 2. The van der Waals surface area contributed by atoms with Crippen LogP contribution >= 0.6 is 0 Å². The van der Waals surface area contributed by atoms with Gasteiger partial charge < -0.3 is 20.0 Å². The summed E-state index contributed by atoms with van der Waals surface area (Å²) in [7, 11) is 1.30. The minimum atomic E-state index is -0.600. The predicted molar refractivity (Wildman–Crippen MR) is 107 cm³/mol. The number of nitrogens with one attached hydrogen (secondary N) is 3. The zero-order valence-electron chi connectivity index (χ0n) is 15.1. The first-order valence-corrected chi connectivity index (χ1v) is 8.95. The van der Waals surface area contributed by atoms with Crippen LogP contribution in [0.1, 0.15) is 22.7 Å². The molecular weight excluding hydrogens is 354 g/mol. The predicted octanol–water partition coefficient (Wildman–Crippen LogP) is 3.42. The molecular formula is C22H17N3O3. The standard InChI is InChI=1S/C22H17N3O3/c1-28-22(27)18-10-14-12-6-3-5-9-17(12)24-20(14)19(21(26)25-18)15-11-23-16-8-4-2-7-13(15)16/h2-11,19,23-24H,1H3,(H,25,26). The van der Waals surface area contributed by atoms with Crippen molar-refractivity contribution in [2.24, 2.45) is 0 Å². The Bertz CT molecular complexity index is 1280. The van der Waals surface area contributed by atoms with Crippen LogP contribution in [-0.4, -0.2) is 29.0 Å². The molecule has 1 aliphatic heterocycles. The van der Waals surface area contributed by atoms with E-state index in [9.17, 15) is 9.59 Å². The molecule has 0 bridgehead atoms. The molecule has 138 valence electrons. The van der Waals surface area contributed by atoms with Gasteiger partial charge in [0.25, 0.3) is 0 Å². The largest absolute Gasteiger partial charge is 0.464 e. The number of H-pyrrole nitrogens is 2. The third-order valence-electron chi connectivity index (χ3n) is 5.21. The number of rotatable bonds is 2. The summed E-state index contributed by atoms with van der Waals surface area (Å²) in [6.07, 6.45) is 3.54. The third-order valence-corrected chi connectivity index (χ3v) is 5.21. The number of carbonyl (C=O) groups is 2. The fourth-order valence-electron chi connectivity index (χ4n) is 3.93. The number of ether oxygens (including phenoxy) is 1. The zero-order chi connectivity index (χ0) is 19.3. The Kier molecular flexibility index (Phi) is 3.58. The second kappa shape index (κ2) is 6.13. The lowest BCUT2D eigenvalue weighted by Gasteiger charge is -2.14. The van der Waals surface area contributed by atoms with Crippen LogP contribution in [0, 0.1) is 0 Å². The zero-order valence-corrected chi connectivity index (χ0v) is 15.1. The van der Waals surface area contributed by atoms with Crippen molar-refractivity contribution in [1.82, 2.24) is 15.3 Å². The number of aromatic amines is 2. The maximum Gasteiger partial charge on any atom is 0.354 e. The van der Waals surface area contributed by atoms with E-state index >= 15 is 0 Å². The van der Waals surface area contributed by atoms with Crippen LogP contribution in [0.2, 0.25) is 0 Å². The van der Waals surface area contributed by atoms with Crippen molar-refractivity contribution in [2.45, 2.75) is 5.92 Å². The lowest BCUT2D eigenvalue weighted by atomic mass is 9.92. The fourth-order valence-corrected chi connectivity index (χ4v) is 3.93. The van der Waals surface area contributed by atoms with E-state index in [2.05, 4.69) is 15.3 Å². The molecule has 0 aliphatic carbocycles. The molecule has 1 atom stereocenters. The van der Waals surface area contributed by atoms with Gasteiger partial charge in [0.05, 0.1) is 7.11 Å². The average molecular weight is 371 g/mol. The summed E-state index contributed by atoms with van der Waals surface area (Å²) in [5, 5.41) is 4.66. The Morgan fingerprint density at radius 2 is 1.71 bits per heavy atom. The van der Waals surface area contributed by atoms with Gasteiger partial charge in [-0.15, -0.1) is 0 Å². The average Bonchev–Trinajstić information content (AvgIpc) is 3.26. The Balaban J connectivity index is 1.80. The highest BCUT2D eigenvalue weighted by Crippen LogP contribution is 2.38. The summed E-state index contributed by atoms with van der Waals surface area (Å²) in [5.74, 6) is -1.46. The number of carbonyl (C=O) groups excluding carboxylic acids is 2. The SMILES string of the molecule is COC(=O)C1=Cc2c([nH]c3ccccc23)C(c2c[nH]c3ccccc23)C(=O)N1. The fraction of sp³-hybridized carbons (Fsp3) is 0.0909. The molecule has 2 aromatic carbocycles. The smallest absolute Gasteiger partial charge is 0.354 e. The van der Waals surface area contributed by atoms with Crippen LogP contribution in [0.25, 0.3) is 27.9 Å². The molecule has 6 heteroatoms. The molecule has 2 aromatic heterocycles. The van der Waals surface area contributed by atoms with Gasteiger partial charge in [0.2, 0.25) is 5.91 Å². The van der Waals surface area contributed by atoms with Crippen molar-refractivity contribution < 1.29 is 14.3 Å². The summed E-state index contributed by atoms with van der Waals surface area (Å²) in [4.78, 5) is 32.1. The number of methoxy groups -OCH3 is 1. The molecule has 0 fully saturated rings. The summed E-state index contributed by atoms with van der Waals surface area (Å²) < 4.78 is 4.86. The molecule has 0 saturated heterocycles. The maximum absolute atomic E-state index is 13.2. The van der Waals surface area contributed by atoms with Gasteiger partial charge >= 0.3 is 5.97 Å². The Labute approximate surface area is 160 Å². The van der Waals surface area contributed by atoms with Crippen LogP contribution in [0.3, 0.4) is 0 Å². The number of esters is 1. The summed E-state index contributed by atoms with van der Waals surface area (Å²) in [6.45, 7) is 0. The lowest BCUT2D eigenvalue weighted by molar-refractivity contribution is -0.137. The van der Waals surface area contributed by atoms with E-state index in [1.165, 1.54) is 7.11 Å². The molecule has 3 N–H and O–H groups in total. The Morgan fingerprint density at radius 1 is 1.00 bits per heavy atom. The Hall–Kier alpha value is -3.80. The second-order valence-corrected chi connectivity index (χ2v) is 6.76. The van der Waals surface area contributed by atoms with Crippen LogP contribution in [-0.2, 0) is 14.3 Å². The number of aromatic nitrogens is 2. The number of hydrogen-bond donors (Lipinski definition) is 3. The molecule has 6 nitrogen and oxygen atoms in total. The Morgan fingerprint density at radius 3 is 2.50 bits per heavy atom. The molecule has 0 saturated carbocycles. The maximum atomic E-state index is 13.2. The van der Waals surface area contributed by atoms with Crippen molar-refractivity contribution in [2.75, 3.05) is 7.11 Å². The summed E-state index contributed by atoms with van der Waals surface area (Å²) in [6, 6.07) is 15.6. The first-order valence-electron chi connectivity index (χ1n) is 8.95. The molecule has 1 unspecified atom stereocenters. The van der Waals surface area contributed by atoms with E-state index in [0.717, 1.165) is 38.6 Å². The van der Waals surface area contributed by atoms with Gasteiger partial charge in [-0.3, -0.25) is 4.79 Å². The van der Waals surface area contributed by atoms with E-state index in [4.69, 9.17) is 4.74 Å². The number of amides is 1. The van der Waals surface area contributed by atoms with Crippen LogP contribution in [0.15, 0.2) is 60.4 Å². The van der Waals surface area contributed by atoms with Crippen molar-refractivity contribution in [1.29, 1.82) is 0 Å². The highest BCUT2D eigenvalue weighted by Gasteiger charge is 2.33. The van der Waals surface area contributed by atoms with Gasteiger partial charge in [0, 0.05) is 39.3 Å². The molecule has 1 amide bonds. The van der Waals surface area contributed by atoms with Gasteiger partial charge in [0.1, 0.15) is 11.6 Å². The highest BCUT2D eigenvalue weighted by molar-refractivity contribution is 6.07. The first kappa shape index (κ1) is 16.4. The molecule has 5 rings (SSSR count). The molecule has 0 radical (unpaired) electrons. The third kappa shape index (κ3) is 2.35. The van der Waals surface area contributed by atoms with Crippen molar-refractivity contribution in [3.63, 3.8) is 0 Å². The van der Waals surface area contributed by atoms with E-state index in [1.54, 1.807) is 6.08 Å². The van der Waals surface area contributed by atoms with Crippen molar-refractivity contribution in [3.05, 3.63) is 77.2 Å². The molecule has 28 heavy (non-hydrogen) atoms. The van der Waals surface area contributed by atoms with Crippen molar-refractivity contribution in [3.8, 4) is 0 Å². The molecule has 1 aliphatic rings. The molecule has 0 spiro atoms. The topological polar surface area (TPSA) is 87.0 Å². The first-order chi connectivity index (χ1) is 13.7. The summed E-state index contributed by atoms with van der Waals surface area (Å²) in [5.41, 5.74) is 4.40. The van der Waals surface area contributed by atoms with Gasteiger partial charge in [-0.1, -0.05) is 36.4 Å². The quantitative estimate of drug-likeness (QED) is 0.472. The van der Waals surface area contributed by atoms with E-state index in [-0.39, 0.29) is 11.6 Å². The minimum absolute atomic E-state index is 0.126. The number of benzene rings is 2. The van der Waals surface area contributed by atoms with Gasteiger partial charge in [-0.2, -0.15) is 0 Å². The van der Waals surface area contributed by atoms with Crippen LogP contribution in [0.4, 0.5) is 0 Å². The van der Waals surface area contributed by atoms with E-state index < -0.39 is 11.9 Å². The second-order valence-electron chi connectivity index (χ2n) is 6.76. The van der Waals surface area contributed by atoms with Crippen LogP contribution in [0.5, 0.6) is 0 Å². The van der Waals surface area contributed by atoms with Gasteiger partial charge in [-0.05, 0) is 23.8 Å². The minimum Gasteiger partial charge on any atom is -0.464 e. The van der Waals surface area contributed by atoms with E-state index in [0.29, 0.717) is 0 Å². The van der Waals surface area contributed by atoms with Gasteiger partial charge in [0.15, 0.2) is 0 Å². The lowest BCUT2D eigenvalue weighted by Crippen LogP contribution is -2.31. The highest BCUT2D eigenvalue weighted by atomic mass is 16.5. The van der Waals surface area contributed by atoms with Gasteiger partial charge in [-0.25, -0.2) is 4.79 Å².